The van der Waals surface area contributed by atoms with E-state index in [1.807, 2.05) is 4.90 Å². The highest BCUT2D eigenvalue weighted by molar-refractivity contribution is 9.10. The second kappa shape index (κ2) is 5.81. The fourth-order valence-corrected chi connectivity index (χ4v) is 2.96. The van der Waals surface area contributed by atoms with Crippen LogP contribution in [0.1, 0.15) is 36.5 Å². The Hall–Kier alpha value is -0.250. The fraction of sp³-hybridized carbons (Fsp3) is 0.462. The first-order valence-electron chi connectivity index (χ1n) is 5.96. The molecule has 1 aromatic carbocycles. The van der Waals surface area contributed by atoms with Crippen molar-refractivity contribution in [2.24, 2.45) is 0 Å². The zero-order valence-corrected chi connectivity index (χ0v) is 13.1. The molecule has 0 spiro atoms. The van der Waals surface area contributed by atoms with Crippen molar-refractivity contribution < 1.29 is 4.79 Å². The number of hydrogen-bond acceptors (Lipinski definition) is 1. The number of likely N-dealkylation sites (tertiary alicyclic amines) is 1. The van der Waals surface area contributed by atoms with Gasteiger partial charge < -0.3 is 4.90 Å². The number of amides is 1. The van der Waals surface area contributed by atoms with Gasteiger partial charge >= 0.3 is 0 Å². The minimum atomic E-state index is 0.0125. The normalized spacial score (nSPS) is 20.0. The average molecular weight is 351 g/mol. The summed E-state index contributed by atoms with van der Waals surface area (Å²) < 4.78 is 0.633. The van der Waals surface area contributed by atoms with Gasteiger partial charge in [-0.1, -0.05) is 23.2 Å². The van der Waals surface area contributed by atoms with E-state index in [1.165, 1.54) is 6.42 Å². The molecule has 1 aliphatic rings. The van der Waals surface area contributed by atoms with Gasteiger partial charge in [0, 0.05) is 18.2 Å². The minimum Gasteiger partial charge on any atom is -0.336 e. The summed E-state index contributed by atoms with van der Waals surface area (Å²) in [5, 5.41) is 0.936. The maximum atomic E-state index is 12.4. The summed E-state index contributed by atoms with van der Waals surface area (Å²) in [5.74, 6) is 0.0125. The molecule has 1 atom stereocenters. The standard InChI is InChI=1S/C13H14BrCl2NO/c1-8-4-2-3-5-17(8)13(18)9-6-10(15)12(14)11(16)7-9/h6-8H,2-5H2,1H3/t8-/m0/s1. The van der Waals surface area contributed by atoms with Crippen LogP contribution in [0.2, 0.25) is 10.0 Å². The number of carbonyl (C=O) groups is 1. The summed E-state index contributed by atoms with van der Waals surface area (Å²) in [5.41, 5.74) is 0.557. The first kappa shape index (κ1) is 14.2. The lowest BCUT2D eigenvalue weighted by Crippen LogP contribution is -2.42. The van der Waals surface area contributed by atoms with Crippen molar-refractivity contribution >= 4 is 45.0 Å². The van der Waals surface area contributed by atoms with Gasteiger partial charge in [-0.2, -0.15) is 0 Å². The lowest BCUT2D eigenvalue weighted by atomic mass is 10.0. The Bertz CT molecular complexity index is 455. The Morgan fingerprint density at radius 3 is 2.50 bits per heavy atom. The van der Waals surface area contributed by atoms with Crippen molar-refractivity contribution in [3.63, 3.8) is 0 Å². The van der Waals surface area contributed by atoms with Crippen LogP contribution in [-0.4, -0.2) is 23.4 Å². The lowest BCUT2D eigenvalue weighted by molar-refractivity contribution is 0.0635. The van der Waals surface area contributed by atoms with Crippen molar-refractivity contribution in [3.8, 4) is 0 Å². The van der Waals surface area contributed by atoms with Gasteiger partial charge in [-0.05, 0) is 54.2 Å². The summed E-state index contributed by atoms with van der Waals surface area (Å²) in [7, 11) is 0. The Balaban J connectivity index is 2.28. The predicted octanol–water partition coefficient (Wildman–Crippen LogP) is 4.77. The van der Waals surface area contributed by atoms with Crippen molar-refractivity contribution in [1.29, 1.82) is 0 Å². The van der Waals surface area contributed by atoms with Crippen LogP contribution in [0.15, 0.2) is 16.6 Å². The molecular formula is C13H14BrCl2NO. The van der Waals surface area contributed by atoms with E-state index < -0.39 is 0 Å². The van der Waals surface area contributed by atoms with Gasteiger partial charge in [-0.3, -0.25) is 4.79 Å². The van der Waals surface area contributed by atoms with E-state index in [0.717, 1.165) is 19.4 Å². The monoisotopic (exact) mass is 349 g/mol. The van der Waals surface area contributed by atoms with E-state index in [0.29, 0.717) is 20.1 Å². The van der Waals surface area contributed by atoms with Gasteiger partial charge in [0.1, 0.15) is 0 Å². The largest absolute Gasteiger partial charge is 0.336 e. The van der Waals surface area contributed by atoms with Crippen LogP contribution in [0.5, 0.6) is 0 Å². The summed E-state index contributed by atoms with van der Waals surface area (Å²) in [6.45, 7) is 2.89. The molecular weight excluding hydrogens is 337 g/mol. The van der Waals surface area contributed by atoms with Gasteiger partial charge in [0.05, 0.1) is 14.5 Å². The summed E-state index contributed by atoms with van der Waals surface area (Å²) in [4.78, 5) is 14.3. The lowest BCUT2D eigenvalue weighted by Gasteiger charge is -2.33. The Kier molecular flexibility index (Phi) is 4.57. The van der Waals surface area contributed by atoms with E-state index in [4.69, 9.17) is 23.2 Å². The molecule has 1 aromatic rings. The maximum Gasteiger partial charge on any atom is 0.254 e. The molecule has 0 aliphatic carbocycles. The smallest absolute Gasteiger partial charge is 0.254 e. The topological polar surface area (TPSA) is 20.3 Å². The molecule has 0 radical (unpaired) electrons. The van der Waals surface area contributed by atoms with Crippen LogP contribution >= 0.6 is 39.1 Å². The van der Waals surface area contributed by atoms with Crippen LogP contribution in [0, 0.1) is 0 Å². The first-order valence-corrected chi connectivity index (χ1v) is 7.51. The Morgan fingerprint density at radius 1 is 1.33 bits per heavy atom. The predicted molar refractivity (Wildman–Crippen MR) is 78.5 cm³/mol. The number of benzene rings is 1. The average Bonchev–Trinajstić information content (AvgIpc) is 2.35. The number of carbonyl (C=O) groups excluding carboxylic acids is 1. The van der Waals surface area contributed by atoms with E-state index in [1.54, 1.807) is 12.1 Å². The van der Waals surface area contributed by atoms with Gasteiger partial charge in [0.15, 0.2) is 0 Å². The van der Waals surface area contributed by atoms with E-state index in [2.05, 4.69) is 22.9 Å². The minimum absolute atomic E-state index is 0.0125. The molecule has 1 heterocycles. The molecule has 2 rings (SSSR count). The number of piperidine rings is 1. The molecule has 1 aliphatic heterocycles. The maximum absolute atomic E-state index is 12.4. The number of halogens is 3. The molecule has 1 amide bonds. The Labute approximate surface area is 125 Å². The van der Waals surface area contributed by atoms with Gasteiger partial charge in [-0.25, -0.2) is 0 Å². The van der Waals surface area contributed by atoms with E-state index >= 15 is 0 Å². The molecule has 0 saturated carbocycles. The van der Waals surface area contributed by atoms with Crippen molar-refractivity contribution in [3.05, 3.63) is 32.2 Å². The summed E-state index contributed by atoms with van der Waals surface area (Å²) in [6, 6.07) is 3.62. The molecule has 18 heavy (non-hydrogen) atoms. The van der Waals surface area contributed by atoms with Crippen LogP contribution in [0.3, 0.4) is 0 Å². The third kappa shape index (κ3) is 2.84. The highest BCUT2D eigenvalue weighted by Gasteiger charge is 2.25. The van der Waals surface area contributed by atoms with Gasteiger partial charge in [0.2, 0.25) is 0 Å². The van der Waals surface area contributed by atoms with E-state index in [9.17, 15) is 4.79 Å². The third-order valence-electron chi connectivity index (χ3n) is 3.29. The molecule has 0 unspecified atom stereocenters. The van der Waals surface area contributed by atoms with Crippen LogP contribution in [0.4, 0.5) is 0 Å². The van der Waals surface area contributed by atoms with Crippen LogP contribution < -0.4 is 0 Å². The fourth-order valence-electron chi connectivity index (χ4n) is 2.24. The Morgan fingerprint density at radius 2 is 1.94 bits per heavy atom. The molecule has 2 nitrogen and oxygen atoms in total. The summed E-state index contributed by atoms with van der Waals surface area (Å²) in [6.07, 6.45) is 3.31. The van der Waals surface area contributed by atoms with Crippen LogP contribution in [0.25, 0.3) is 0 Å². The molecule has 5 heteroatoms. The molecule has 1 saturated heterocycles. The summed E-state index contributed by atoms with van der Waals surface area (Å²) >= 11 is 15.4. The number of rotatable bonds is 1. The highest BCUT2D eigenvalue weighted by atomic mass is 79.9. The van der Waals surface area contributed by atoms with Crippen molar-refractivity contribution in [1.82, 2.24) is 4.90 Å². The van der Waals surface area contributed by atoms with Crippen LogP contribution in [-0.2, 0) is 0 Å². The number of hydrogen-bond donors (Lipinski definition) is 0. The van der Waals surface area contributed by atoms with E-state index in [-0.39, 0.29) is 11.9 Å². The second-order valence-corrected chi connectivity index (χ2v) is 6.20. The number of nitrogens with zero attached hydrogens (tertiary/aromatic N) is 1. The highest BCUT2D eigenvalue weighted by Crippen LogP contribution is 2.32. The second-order valence-electron chi connectivity index (χ2n) is 4.60. The van der Waals surface area contributed by atoms with Crippen molar-refractivity contribution in [2.75, 3.05) is 6.54 Å². The van der Waals surface area contributed by atoms with Gasteiger partial charge in [-0.15, -0.1) is 0 Å². The quantitative estimate of drug-likeness (QED) is 0.668. The van der Waals surface area contributed by atoms with Crippen molar-refractivity contribution in [2.45, 2.75) is 32.2 Å². The zero-order chi connectivity index (χ0) is 13.3. The third-order valence-corrected chi connectivity index (χ3v) is 5.20. The molecule has 0 N–H and O–H groups in total. The van der Waals surface area contributed by atoms with Gasteiger partial charge in [0.25, 0.3) is 5.91 Å². The first-order chi connectivity index (χ1) is 8.50. The molecule has 98 valence electrons. The SMILES string of the molecule is C[C@H]1CCCCN1C(=O)c1cc(Cl)c(Br)c(Cl)c1. The molecule has 1 fully saturated rings. The molecule has 0 bridgehead atoms. The molecule has 0 aromatic heterocycles. The zero-order valence-electron chi connectivity index (χ0n) is 10.0.